The van der Waals surface area contributed by atoms with Gasteiger partial charge < -0.3 is 9.84 Å². The molecule has 1 aliphatic carbocycles. The van der Waals surface area contributed by atoms with E-state index < -0.39 is 0 Å². The van der Waals surface area contributed by atoms with Crippen molar-refractivity contribution < 1.29 is 9.84 Å². The van der Waals surface area contributed by atoms with E-state index in [1.807, 2.05) is 6.07 Å². The summed E-state index contributed by atoms with van der Waals surface area (Å²) in [5.41, 5.74) is 4.68. The van der Waals surface area contributed by atoms with Crippen molar-refractivity contribution in [3.63, 3.8) is 0 Å². The summed E-state index contributed by atoms with van der Waals surface area (Å²) in [6, 6.07) is 4.23. The topological polar surface area (TPSA) is 29.5 Å². The van der Waals surface area contributed by atoms with Crippen LogP contribution in [0, 0.1) is 11.8 Å². The van der Waals surface area contributed by atoms with Gasteiger partial charge in [0.1, 0.15) is 17.1 Å². The molecule has 0 bridgehead atoms. The normalized spacial score (nSPS) is 22.8. The summed E-state index contributed by atoms with van der Waals surface area (Å²) in [6.07, 6.45) is 8.49. The predicted molar refractivity (Wildman–Crippen MR) is 114 cm³/mol. The number of hydrogen-bond donors (Lipinski definition) is 1. The molecule has 1 aliphatic heterocycles. The number of aromatic hydroxyl groups is 1. The highest BCUT2D eigenvalue weighted by Crippen LogP contribution is 2.55. The van der Waals surface area contributed by atoms with Crippen LogP contribution in [0.25, 0.3) is 5.57 Å². The summed E-state index contributed by atoms with van der Waals surface area (Å²) in [5, 5.41) is 11.0. The molecule has 150 valence electrons. The van der Waals surface area contributed by atoms with Gasteiger partial charge in [-0.2, -0.15) is 0 Å². The van der Waals surface area contributed by atoms with Gasteiger partial charge >= 0.3 is 0 Å². The molecule has 3 rings (SSSR count). The molecule has 2 nitrogen and oxygen atoms in total. The number of ether oxygens (including phenoxy) is 1. The van der Waals surface area contributed by atoms with Gasteiger partial charge in [0.15, 0.2) is 0 Å². The van der Waals surface area contributed by atoms with Crippen molar-refractivity contribution in [3.05, 3.63) is 28.8 Å². The zero-order chi connectivity index (χ0) is 19.8. The Balaban J connectivity index is 1.95. The second-order valence-corrected chi connectivity index (χ2v) is 9.32. The molecule has 3 atom stereocenters. The van der Waals surface area contributed by atoms with Crippen molar-refractivity contribution in [2.75, 3.05) is 0 Å². The van der Waals surface area contributed by atoms with Crippen molar-refractivity contribution in [1.82, 2.24) is 0 Å². The molecular weight excluding hydrogens is 332 g/mol. The molecule has 2 heteroatoms. The fourth-order valence-electron chi connectivity index (χ4n) is 5.10. The summed E-state index contributed by atoms with van der Waals surface area (Å²) in [7, 11) is 0. The maximum Gasteiger partial charge on any atom is 0.132 e. The Labute approximate surface area is 166 Å². The lowest BCUT2D eigenvalue weighted by atomic mass is 9.81. The first-order valence-electron chi connectivity index (χ1n) is 11.1. The third-order valence-corrected chi connectivity index (χ3v) is 7.08. The Morgan fingerprint density at radius 2 is 1.93 bits per heavy atom. The summed E-state index contributed by atoms with van der Waals surface area (Å²) in [6.45, 7) is 13.5. The van der Waals surface area contributed by atoms with Gasteiger partial charge in [-0.3, -0.25) is 0 Å². The molecule has 0 amide bonds. The second-order valence-electron chi connectivity index (χ2n) is 9.32. The summed E-state index contributed by atoms with van der Waals surface area (Å²) in [5.74, 6) is 2.88. The summed E-state index contributed by atoms with van der Waals surface area (Å²) >= 11 is 0. The Morgan fingerprint density at radius 1 is 1.19 bits per heavy atom. The molecule has 27 heavy (non-hydrogen) atoms. The smallest absolute Gasteiger partial charge is 0.132 e. The zero-order valence-corrected chi connectivity index (χ0v) is 18.2. The maximum atomic E-state index is 11.0. The van der Waals surface area contributed by atoms with Crippen LogP contribution in [-0.2, 0) is 0 Å². The van der Waals surface area contributed by atoms with Crippen molar-refractivity contribution >= 4 is 5.57 Å². The molecule has 1 heterocycles. The molecule has 3 unspecified atom stereocenters. The minimum atomic E-state index is -0.271. The first kappa shape index (κ1) is 20.3. The summed E-state index contributed by atoms with van der Waals surface area (Å²) < 4.78 is 6.46. The van der Waals surface area contributed by atoms with Crippen LogP contribution in [0.2, 0.25) is 0 Å². The van der Waals surface area contributed by atoms with E-state index in [2.05, 4.69) is 47.6 Å². The number of allylic oxidation sites excluding steroid dienone is 1. The highest BCUT2D eigenvalue weighted by Gasteiger charge is 2.42. The molecule has 1 aromatic rings. The van der Waals surface area contributed by atoms with E-state index in [0.717, 1.165) is 24.2 Å². The number of fused-ring (bicyclic) bond motifs is 2. The van der Waals surface area contributed by atoms with Crippen LogP contribution in [0.1, 0.15) is 104 Å². The Kier molecular flexibility index (Phi) is 5.93. The van der Waals surface area contributed by atoms with Crippen molar-refractivity contribution in [1.29, 1.82) is 0 Å². The fraction of sp³-hybridized carbons (Fsp3) is 0.680. The van der Waals surface area contributed by atoms with Gasteiger partial charge in [-0.15, -0.1) is 0 Å². The second kappa shape index (κ2) is 7.89. The number of hydrogen-bond acceptors (Lipinski definition) is 2. The zero-order valence-electron chi connectivity index (χ0n) is 18.2. The van der Waals surface area contributed by atoms with Crippen LogP contribution in [0.3, 0.4) is 0 Å². The summed E-state index contributed by atoms with van der Waals surface area (Å²) in [4.78, 5) is 0. The van der Waals surface area contributed by atoms with Crippen LogP contribution in [0.5, 0.6) is 11.5 Å². The number of phenols is 1. The average Bonchev–Trinajstić information content (AvgIpc) is 3.05. The van der Waals surface area contributed by atoms with E-state index >= 15 is 0 Å². The van der Waals surface area contributed by atoms with E-state index in [9.17, 15) is 5.11 Å². The van der Waals surface area contributed by atoms with Crippen LogP contribution >= 0.6 is 0 Å². The quantitative estimate of drug-likeness (QED) is 0.505. The van der Waals surface area contributed by atoms with Crippen molar-refractivity contribution in [3.8, 4) is 11.5 Å². The predicted octanol–water partition coefficient (Wildman–Crippen LogP) is 7.46. The Bertz CT molecular complexity index is 713. The van der Waals surface area contributed by atoms with Crippen LogP contribution < -0.4 is 4.74 Å². The third kappa shape index (κ3) is 3.77. The van der Waals surface area contributed by atoms with Crippen LogP contribution in [0.4, 0.5) is 0 Å². The van der Waals surface area contributed by atoms with Gasteiger partial charge in [-0.1, -0.05) is 53.4 Å². The van der Waals surface area contributed by atoms with Gasteiger partial charge in [0, 0.05) is 0 Å². The van der Waals surface area contributed by atoms with E-state index in [0.29, 0.717) is 23.5 Å². The van der Waals surface area contributed by atoms with E-state index in [1.54, 1.807) is 0 Å². The molecule has 1 N–H and O–H groups in total. The van der Waals surface area contributed by atoms with E-state index in [-0.39, 0.29) is 5.60 Å². The van der Waals surface area contributed by atoms with E-state index in [4.69, 9.17) is 4.74 Å². The molecule has 0 saturated heterocycles. The van der Waals surface area contributed by atoms with Gasteiger partial charge in [0.05, 0.1) is 5.56 Å². The average molecular weight is 371 g/mol. The molecule has 0 aromatic heterocycles. The van der Waals surface area contributed by atoms with E-state index in [1.165, 1.54) is 48.8 Å². The number of benzene rings is 1. The number of phenolic OH excluding ortho intramolecular Hbond substituents is 1. The Hall–Kier alpha value is -1.44. The molecule has 0 fully saturated rings. The first-order chi connectivity index (χ1) is 12.8. The lowest BCUT2D eigenvalue weighted by molar-refractivity contribution is 0.141. The van der Waals surface area contributed by atoms with Gasteiger partial charge in [-0.05, 0) is 79.7 Å². The number of rotatable bonds is 7. The lowest BCUT2D eigenvalue weighted by Gasteiger charge is -2.36. The third-order valence-electron chi connectivity index (χ3n) is 7.08. The highest BCUT2D eigenvalue weighted by atomic mass is 16.5. The minimum absolute atomic E-state index is 0.271. The molecule has 0 radical (unpaired) electrons. The van der Waals surface area contributed by atoms with Crippen LogP contribution in [0.15, 0.2) is 17.7 Å². The van der Waals surface area contributed by atoms with Crippen LogP contribution in [-0.4, -0.2) is 10.7 Å². The highest BCUT2D eigenvalue weighted by molar-refractivity contribution is 5.83. The fourth-order valence-corrected chi connectivity index (χ4v) is 5.10. The standard InChI is InChI=1S/C25H38O2/c1-7-9-10-11-16(3)17(4)19-14-21(26)24-22(15-19)27-25(5,6)20-13-12-18(8-2)23(20)24/h14-18,26H,7-13H2,1-6H3. The van der Waals surface area contributed by atoms with Gasteiger partial charge in [0.2, 0.25) is 0 Å². The van der Waals surface area contributed by atoms with Gasteiger partial charge in [-0.25, -0.2) is 0 Å². The lowest BCUT2D eigenvalue weighted by Crippen LogP contribution is -2.34. The Morgan fingerprint density at radius 3 is 2.59 bits per heavy atom. The van der Waals surface area contributed by atoms with Crippen molar-refractivity contribution in [2.24, 2.45) is 11.8 Å². The van der Waals surface area contributed by atoms with Gasteiger partial charge in [0.25, 0.3) is 0 Å². The SMILES string of the molecule is CCCCCC(C)C(C)c1cc(O)c2c(c1)OC(C)(C)C1=C2C(CC)CC1. The maximum absolute atomic E-state index is 11.0. The first-order valence-corrected chi connectivity index (χ1v) is 11.1. The number of unbranched alkanes of at least 4 members (excludes halogenated alkanes) is 2. The molecule has 0 saturated carbocycles. The van der Waals surface area contributed by atoms with Crippen molar-refractivity contribution in [2.45, 2.75) is 98.0 Å². The largest absolute Gasteiger partial charge is 0.507 e. The molecule has 1 aromatic carbocycles. The monoisotopic (exact) mass is 370 g/mol. The molecular formula is C25H38O2. The minimum Gasteiger partial charge on any atom is -0.507 e. The molecule has 2 aliphatic rings. The molecule has 0 spiro atoms.